The van der Waals surface area contributed by atoms with E-state index in [1.54, 1.807) is 0 Å². The molecule has 0 fully saturated rings. The summed E-state index contributed by atoms with van der Waals surface area (Å²) in [5.41, 5.74) is 13.4. The zero-order chi connectivity index (χ0) is 34.2. The Morgan fingerprint density at radius 3 is 2.41 bits per heavy atom. The van der Waals surface area contributed by atoms with Crippen LogP contribution in [0.5, 0.6) is 0 Å². The summed E-state index contributed by atoms with van der Waals surface area (Å²) in [5.74, 6) is 0.0968. The van der Waals surface area contributed by atoms with Gasteiger partial charge in [-0.1, -0.05) is 89.8 Å². The van der Waals surface area contributed by atoms with E-state index < -0.39 is 5.41 Å². The summed E-state index contributed by atoms with van der Waals surface area (Å²) >= 11 is 0. The number of unbranched alkanes of at least 4 members (excludes halogenated alkanes) is 3. The fourth-order valence-corrected chi connectivity index (χ4v) is 10.3. The molecule has 0 bridgehead atoms. The molecule has 0 spiro atoms. The number of benzene rings is 3. The van der Waals surface area contributed by atoms with E-state index in [0.717, 1.165) is 36.8 Å². The molecular weight excluding hydrogens is 600 g/mol. The van der Waals surface area contributed by atoms with E-state index in [-0.39, 0.29) is 23.3 Å². The van der Waals surface area contributed by atoms with E-state index in [2.05, 4.69) is 125 Å². The first kappa shape index (κ1) is 32.4. The highest BCUT2D eigenvalue weighted by molar-refractivity contribution is 6.01. The number of hydrogen-bond acceptors (Lipinski definition) is 0. The predicted molar refractivity (Wildman–Crippen MR) is 200 cm³/mol. The van der Waals surface area contributed by atoms with Crippen molar-refractivity contribution in [1.29, 1.82) is 0 Å². The summed E-state index contributed by atoms with van der Waals surface area (Å²) in [6.45, 7) is 16.0. The second kappa shape index (κ2) is 11.9. The number of rotatable bonds is 9. The lowest BCUT2D eigenvalue weighted by Crippen LogP contribution is -2.67. The summed E-state index contributed by atoms with van der Waals surface area (Å²) < 4.78 is 22.0. The molecule has 5 aromatic rings. The first-order valence-corrected chi connectivity index (χ1v) is 19.1. The Balaban J connectivity index is 1.46. The summed E-state index contributed by atoms with van der Waals surface area (Å²) in [7, 11) is 0. The predicted octanol–water partition coefficient (Wildman–Crippen LogP) is 11.1. The Bertz CT molecular complexity index is 2120. The third-order valence-corrected chi connectivity index (χ3v) is 12.7. The van der Waals surface area contributed by atoms with Gasteiger partial charge in [-0.25, -0.2) is 4.39 Å². The third kappa shape index (κ3) is 4.70. The number of aryl methyl sites for hydroxylation is 3. The molecule has 0 saturated heterocycles. The minimum Gasteiger partial charge on any atom is -0.207 e. The van der Waals surface area contributed by atoms with E-state index in [9.17, 15) is 0 Å². The maximum Gasteiger partial charge on any atom is 0.221 e. The summed E-state index contributed by atoms with van der Waals surface area (Å²) in [6, 6.07) is 23.2. The van der Waals surface area contributed by atoms with Crippen LogP contribution in [0.15, 0.2) is 73.1 Å². The second-order valence-electron chi connectivity index (χ2n) is 16.1. The molecule has 2 aromatic heterocycles. The zero-order valence-electron chi connectivity index (χ0n) is 30.7. The van der Waals surface area contributed by atoms with Crippen molar-refractivity contribution < 1.29 is 13.5 Å². The van der Waals surface area contributed by atoms with Gasteiger partial charge in [-0.15, -0.1) is 0 Å². The monoisotopic (exact) mass is 652 g/mol. The minimum atomic E-state index is -0.458. The van der Waals surface area contributed by atoms with Crippen molar-refractivity contribution in [2.24, 2.45) is 0 Å². The van der Waals surface area contributed by atoms with E-state index in [1.807, 2.05) is 6.07 Å². The molecule has 3 aliphatic rings. The van der Waals surface area contributed by atoms with Gasteiger partial charge in [-0.05, 0) is 78.4 Å². The van der Waals surface area contributed by atoms with Crippen LogP contribution in [-0.4, -0.2) is 0 Å². The molecule has 3 atom stereocenters. The van der Waals surface area contributed by atoms with E-state index in [0.29, 0.717) is 0 Å². The van der Waals surface area contributed by atoms with Crippen molar-refractivity contribution in [2.75, 3.05) is 0 Å². The highest BCUT2D eigenvalue weighted by atomic mass is 19.1. The number of halogens is 1. The Kier molecular flexibility index (Phi) is 7.85. The lowest BCUT2D eigenvalue weighted by molar-refractivity contribution is -0.785. The normalized spacial score (nSPS) is 21.1. The lowest BCUT2D eigenvalue weighted by atomic mass is 9.60. The van der Waals surface area contributed by atoms with Gasteiger partial charge in [-0.2, -0.15) is 9.13 Å². The Labute approximate surface area is 293 Å². The maximum atomic E-state index is 16.7. The molecule has 1 aliphatic carbocycles. The van der Waals surface area contributed by atoms with Crippen molar-refractivity contribution in [1.82, 2.24) is 0 Å². The standard InChI is InChI=1S/C46H53FN2/c1-8-11-13-21-46(10-3)42(39-28-32-16-15-29(4)24-35(32)38-25-30(5)19-22-48(38)39)34-17-18-37(47)43-41(34)44-40-33(20-23-49(44)46)26-31(14-12-9-2)27-36(40)45(43,6)7/h15-20,22-27,39,42H,8-14,21,28H2,1-7H3/q+2. The van der Waals surface area contributed by atoms with E-state index in [4.69, 9.17) is 0 Å². The van der Waals surface area contributed by atoms with Crippen molar-refractivity contribution in [3.8, 4) is 22.5 Å². The van der Waals surface area contributed by atoms with E-state index in [1.165, 1.54) is 93.2 Å². The molecular formula is C46H53FN2+2. The fraction of sp³-hybridized carbons (Fsp3) is 0.435. The molecule has 0 radical (unpaired) electrons. The average molecular weight is 653 g/mol. The Morgan fingerprint density at radius 1 is 0.837 bits per heavy atom. The highest BCUT2D eigenvalue weighted by Crippen LogP contribution is 2.58. The first-order valence-electron chi connectivity index (χ1n) is 19.1. The molecule has 4 heterocycles. The molecule has 252 valence electrons. The summed E-state index contributed by atoms with van der Waals surface area (Å²) in [6.07, 6.45) is 14.8. The summed E-state index contributed by atoms with van der Waals surface area (Å²) in [5, 5.41) is 2.64. The largest absolute Gasteiger partial charge is 0.221 e. The topological polar surface area (TPSA) is 7.76 Å². The summed E-state index contributed by atoms with van der Waals surface area (Å²) in [4.78, 5) is 0. The van der Waals surface area contributed by atoms with Crippen LogP contribution in [0.25, 0.3) is 33.3 Å². The van der Waals surface area contributed by atoms with Crippen LogP contribution in [0.1, 0.15) is 130 Å². The van der Waals surface area contributed by atoms with Crippen molar-refractivity contribution in [3.63, 3.8) is 0 Å². The molecule has 49 heavy (non-hydrogen) atoms. The molecule has 2 nitrogen and oxygen atoms in total. The lowest BCUT2D eigenvalue weighted by Gasteiger charge is -2.46. The van der Waals surface area contributed by atoms with Crippen molar-refractivity contribution in [2.45, 2.75) is 129 Å². The van der Waals surface area contributed by atoms with Gasteiger partial charge in [0.15, 0.2) is 24.0 Å². The van der Waals surface area contributed by atoms with Gasteiger partial charge >= 0.3 is 0 Å². The van der Waals surface area contributed by atoms with Gasteiger partial charge in [0.2, 0.25) is 11.4 Å². The third-order valence-electron chi connectivity index (χ3n) is 12.7. The van der Waals surface area contributed by atoms with Gasteiger partial charge in [-0.3, -0.25) is 0 Å². The number of aromatic nitrogens is 2. The van der Waals surface area contributed by atoms with Crippen molar-refractivity contribution in [3.05, 3.63) is 118 Å². The van der Waals surface area contributed by atoms with Crippen LogP contribution < -0.4 is 9.13 Å². The van der Waals surface area contributed by atoms with E-state index >= 15 is 4.39 Å². The van der Waals surface area contributed by atoms with Crippen molar-refractivity contribution >= 4 is 10.8 Å². The van der Waals surface area contributed by atoms with Crippen LogP contribution in [0, 0.1) is 19.7 Å². The smallest absolute Gasteiger partial charge is 0.207 e. The van der Waals surface area contributed by atoms with Crippen LogP contribution in [0.2, 0.25) is 0 Å². The maximum absolute atomic E-state index is 16.7. The van der Waals surface area contributed by atoms with Gasteiger partial charge < -0.3 is 0 Å². The van der Waals surface area contributed by atoms with Gasteiger partial charge in [0.1, 0.15) is 11.7 Å². The van der Waals surface area contributed by atoms with Gasteiger partial charge in [0.05, 0.1) is 10.9 Å². The number of nitrogens with zero attached hydrogens (tertiary/aromatic N) is 2. The Hall–Kier alpha value is -3.85. The molecule has 0 saturated carbocycles. The first-order chi connectivity index (χ1) is 23.6. The minimum absolute atomic E-state index is 0.0706. The zero-order valence-corrected chi connectivity index (χ0v) is 30.7. The Morgan fingerprint density at radius 2 is 1.63 bits per heavy atom. The second-order valence-corrected chi connectivity index (χ2v) is 16.1. The number of hydrogen-bond donors (Lipinski definition) is 0. The van der Waals surface area contributed by atoms with Gasteiger partial charge in [0.25, 0.3) is 0 Å². The SMILES string of the molecule is CCCCCC1(CC)C(C2Cc3ccc(C)cc3-c3cc(C)cc[n+]32)c2ccc(F)c3c2-c2c4c(cc(CCCC)cc4cc[n+]21)C3(C)C. The number of pyridine rings is 2. The fourth-order valence-electron chi connectivity index (χ4n) is 10.3. The molecule has 8 rings (SSSR count). The number of fused-ring (bicyclic) bond motifs is 3. The molecule has 0 N–H and O–H groups in total. The average Bonchev–Trinajstić information content (AvgIpc) is 3.09. The molecule has 3 unspecified atom stereocenters. The molecule has 3 aromatic carbocycles. The molecule has 0 amide bonds. The van der Waals surface area contributed by atoms with Crippen LogP contribution >= 0.6 is 0 Å². The van der Waals surface area contributed by atoms with Crippen LogP contribution in [-0.2, 0) is 23.8 Å². The highest BCUT2D eigenvalue weighted by Gasteiger charge is 2.61. The van der Waals surface area contributed by atoms with Crippen LogP contribution in [0.3, 0.4) is 0 Å². The van der Waals surface area contributed by atoms with Crippen LogP contribution in [0.4, 0.5) is 4.39 Å². The molecule has 2 aliphatic heterocycles. The van der Waals surface area contributed by atoms with Gasteiger partial charge in [0, 0.05) is 54.0 Å². The molecule has 3 heteroatoms. The quantitative estimate of drug-likeness (QED) is 0.111.